The Morgan fingerprint density at radius 3 is 2.35 bits per heavy atom. The van der Waals surface area contributed by atoms with Gasteiger partial charge in [0.1, 0.15) is 11.1 Å². The molecule has 0 aliphatic rings. The van der Waals surface area contributed by atoms with Crippen LogP contribution in [0.1, 0.15) is 16.4 Å². The van der Waals surface area contributed by atoms with E-state index in [1.807, 2.05) is 6.07 Å². The third kappa shape index (κ3) is 2.73. The van der Waals surface area contributed by atoms with Crippen LogP contribution in [-0.4, -0.2) is 15.0 Å². The highest BCUT2D eigenvalue weighted by Crippen LogP contribution is 2.28. The van der Waals surface area contributed by atoms with Crippen molar-refractivity contribution in [1.82, 2.24) is 0 Å². The van der Waals surface area contributed by atoms with Crippen molar-refractivity contribution < 1.29 is 12.8 Å². The molecule has 0 aromatic heterocycles. The van der Waals surface area contributed by atoms with Crippen LogP contribution in [0.2, 0.25) is 0 Å². The molecular weight excluding hydrogens is 277 g/mol. The van der Waals surface area contributed by atoms with Crippen LogP contribution in [0, 0.1) is 12.7 Å². The van der Waals surface area contributed by atoms with Gasteiger partial charge in [-0.2, -0.15) is 0 Å². The van der Waals surface area contributed by atoms with Crippen LogP contribution < -0.4 is 5.73 Å². The van der Waals surface area contributed by atoms with E-state index >= 15 is 0 Å². The van der Waals surface area contributed by atoms with Crippen LogP contribution in [0.15, 0.2) is 53.4 Å². The lowest BCUT2D eigenvalue weighted by atomic mass is 10.1. The zero-order valence-corrected chi connectivity index (χ0v) is 11.9. The van der Waals surface area contributed by atoms with Crippen molar-refractivity contribution in [3.05, 3.63) is 65.5 Å². The highest BCUT2D eigenvalue weighted by Gasteiger charge is 2.28. The minimum atomic E-state index is -3.64. The van der Waals surface area contributed by atoms with E-state index in [9.17, 15) is 12.8 Å². The molecule has 0 heterocycles. The van der Waals surface area contributed by atoms with E-state index in [0.29, 0.717) is 11.1 Å². The summed E-state index contributed by atoms with van der Waals surface area (Å²) in [5.74, 6) is -0.423. The van der Waals surface area contributed by atoms with Gasteiger partial charge in [-0.25, -0.2) is 12.8 Å². The van der Waals surface area contributed by atoms with Crippen LogP contribution in [0.5, 0.6) is 0 Å². The minimum absolute atomic E-state index is 0.0250. The van der Waals surface area contributed by atoms with E-state index < -0.39 is 20.9 Å². The van der Waals surface area contributed by atoms with E-state index in [4.69, 9.17) is 5.73 Å². The van der Waals surface area contributed by atoms with Crippen molar-refractivity contribution in [1.29, 1.82) is 0 Å². The predicted molar refractivity (Wildman–Crippen MR) is 76.6 cm³/mol. The third-order valence-corrected chi connectivity index (χ3v) is 5.34. The second kappa shape index (κ2) is 5.73. The summed E-state index contributed by atoms with van der Waals surface area (Å²) in [4.78, 5) is 0.0932. The summed E-state index contributed by atoms with van der Waals surface area (Å²) >= 11 is 0. The average molecular weight is 293 g/mol. The largest absolute Gasteiger partial charge is 0.329 e. The number of rotatable bonds is 4. The molecule has 20 heavy (non-hydrogen) atoms. The van der Waals surface area contributed by atoms with Gasteiger partial charge >= 0.3 is 0 Å². The van der Waals surface area contributed by atoms with Crippen molar-refractivity contribution in [3.8, 4) is 0 Å². The second-order valence-corrected chi connectivity index (χ2v) is 6.72. The monoisotopic (exact) mass is 293 g/mol. The smallest absolute Gasteiger partial charge is 0.186 e. The van der Waals surface area contributed by atoms with Gasteiger partial charge in [0.25, 0.3) is 0 Å². The maximum absolute atomic E-state index is 13.3. The number of hydrogen-bond donors (Lipinski definition) is 1. The normalized spacial score (nSPS) is 13.2. The highest BCUT2D eigenvalue weighted by molar-refractivity contribution is 7.91. The zero-order chi connectivity index (χ0) is 14.8. The molecule has 0 saturated carbocycles. The number of sulfone groups is 1. The zero-order valence-electron chi connectivity index (χ0n) is 11.1. The molecule has 0 aliphatic carbocycles. The number of hydrogen-bond acceptors (Lipinski definition) is 3. The number of nitrogens with two attached hydrogens (primary N) is 1. The first-order valence-electron chi connectivity index (χ1n) is 6.22. The molecule has 1 atom stereocenters. The summed E-state index contributed by atoms with van der Waals surface area (Å²) in [6.45, 7) is 1.51. The Morgan fingerprint density at radius 2 is 1.80 bits per heavy atom. The van der Waals surface area contributed by atoms with E-state index in [1.165, 1.54) is 25.1 Å². The first-order chi connectivity index (χ1) is 9.46. The van der Waals surface area contributed by atoms with Crippen molar-refractivity contribution in [2.75, 3.05) is 6.54 Å². The van der Waals surface area contributed by atoms with E-state index in [-0.39, 0.29) is 11.4 Å². The van der Waals surface area contributed by atoms with Crippen LogP contribution >= 0.6 is 0 Å². The molecule has 0 saturated heterocycles. The summed E-state index contributed by atoms with van der Waals surface area (Å²) < 4.78 is 38.5. The lowest BCUT2D eigenvalue weighted by Crippen LogP contribution is -2.22. The minimum Gasteiger partial charge on any atom is -0.329 e. The van der Waals surface area contributed by atoms with Gasteiger partial charge in [-0.3, -0.25) is 0 Å². The van der Waals surface area contributed by atoms with Crippen molar-refractivity contribution in [2.24, 2.45) is 5.73 Å². The lowest BCUT2D eigenvalue weighted by molar-refractivity contribution is 0.581. The molecule has 1 unspecified atom stereocenters. The predicted octanol–water partition coefficient (Wildman–Crippen LogP) is 2.61. The van der Waals surface area contributed by atoms with Gasteiger partial charge in [0, 0.05) is 6.54 Å². The maximum Gasteiger partial charge on any atom is 0.186 e. The van der Waals surface area contributed by atoms with Crippen LogP contribution in [0.3, 0.4) is 0 Å². The molecule has 0 spiro atoms. The molecule has 0 radical (unpaired) electrons. The molecule has 5 heteroatoms. The molecule has 0 bridgehead atoms. The van der Waals surface area contributed by atoms with Crippen molar-refractivity contribution >= 4 is 9.84 Å². The topological polar surface area (TPSA) is 60.2 Å². The van der Waals surface area contributed by atoms with Gasteiger partial charge in [-0.1, -0.05) is 30.3 Å². The molecular formula is C15H16FNO2S. The quantitative estimate of drug-likeness (QED) is 0.881. The summed E-state index contributed by atoms with van der Waals surface area (Å²) in [6.07, 6.45) is 0. The average Bonchev–Trinajstić information content (AvgIpc) is 2.43. The first kappa shape index (κ1) is 14.7. The van der Waals surface area contributed by atoms with Gasteiger partial charge in [0.15, 0.2) is 9.84 Å². The van der Waals surface area contributed by atoms with Gasteiger partial charge < -0.3 is 5.73 Å². The fourth-order valence-corrected chi connectivity index (χ4v) is 3.76. The Morgan fingerprint density at radius 1 is 1.15 bits per heavy atom. The second-order valence-electron chi connectivity index (χ2n) is 4.59. The fourth-order valence-electron chi connectivity index (χ4n) is 2.07. The van der Waals surface area contributed by atoms with Crippen LogP contribution in [0.25, 0.3) is 0 Å². The number of halogens is 1. The third-order valence-electron chi connectivity index (χ3n) is 3.22. The summed E-state index contributed by atoms with van der Waals surface area (Å²) in [7, 11) is -3.64. The molecule has 2 aromatic rings. The Balaban J connectivity index is 2.50. The fraction of sp³-hybridized carbons (Fsp3) is 0.200. The standard InChI is InChI=1S/C15H16FNO2S/c1-11-9-13(7-8-14(11)16)20(18,19)15(10-17)12-5-3-2-4-6-12/h2-9,15H,10,17H2,1H3. The lowest BCUT2D eigenvalue weighted by Gasteiger charge is -2.16. The van der Waals surface area contributed by atoms with Crippen molar-refractivity contribution in [2.45, 2.75) is 17.1 Å². The van der Waals surface area contributed by atoms with E-state index in [2.05, 4.69) is 0 Å². The Kier molecular flexibility index (Phi) is 4.20. The van der Waals surface area contributed by atoms with Gasteiger partial charge in [-0.15, -0.1) is 0 Å². The SMILES string of the molecule is Cc1cc(S(=O)(=O)C(CN)c2ccccc2)ccc1F. The van der Waals surface area contributed by atoms with Gasteiger partial charge in [-0.05, 0) is 36.2 Å². The van der Waals surface area contributed by atoms with Crippen molar-refractivity contribution in [3.63, 3.8) is 0 Å². The molecule has 2 N–H and O–H groups in total. The van der Waals surface area contributed by atoms with Crippen LogP contribution in [0.4, 0.5) is 4.39 Å². The molecule has 2 aromatic carbocycles. The summed E-state index contributed by atoms with van der Waals surface area (Å²) in [5, 5.41) is -0.825. The van der Waals surface area contributed by atoms with Crippen LogP contribution in [-0.2, 0) is 9.84 Å². The molecule has 106 valence electrons. The summed E-state index contributed by atoms with van der Waals surface area (Å²) in [5.41, 5.74) is 6.58. The Labute approximate surface area is 118 Å². The highest BCUT2D eigenvalue weighted by atomic mass is 32.2. The molecule has 0 aliphatic heterocycles. The number of aryl methyl sites for hydroxylation is 1. The summed E-state index contributed by atoms with van der Waals surface area (Å²) in [6, 6.07) is 12.6. The molecule has 0 amide bonds. The molecule has 0 fully saturated rings. The van der Waals surface area contributed by atoms with Gasteiger partial charge in [0.2, 0.25) is 0 Å². The van der Waals surface area contributed by atoms with Gasteiger partial charge in [0.05, 0.1) is 4.90 Å². The molecule has 2 rings (SSSR count). The Bertz CT molecular complexity index is 699. The van der Waals surface area contributed by atoms with E-state index in [0.717, 1.165) is 0 Å². The number of benzene rings is 2. The molecule has 3 nitrogen and oxygen atoms in total. The van der Waals surface area contributed by atoms with E-state index in [1.54, 1.807) is 24.3 Å². The maximum atomic E-state index is 13.3. The first-order valence-corrected chi connectivity index (χ1v) is 7.76. The Hall–Kier alpha value is -1.72.